The molecule has 1 aliphatic heterocycles. The molecular formula is C31H42FN3O3. The summed E-state index contributed by atoms with van der Waals surface area (Å²) in [5.74, 6) is 0.0540. The average molecular weight is 524 g/mol. The number of piperazine rings is 1. The van der Waals surface area contributed by atoms with E-state index in [1.54, 1.807) is 13.2 Å². The number of halogens is 1. The van der Waals surface area contributed by atoms with E-state index in [-0.39, 0.29) is 35.5 Å². The largest absolute Gasteiger partial charge is 0.495 e. The van der Waals surface area contributed by atoms with E-state index in [0.717, 1.165) is 69.8 Å². The average Bonchev–Trinajstić information content (AvgIpc) is 2.93. The standard InChI is InChI=1S/C31H42FN3O3/c1-23(36)35(24(2)37)31(25-11-5-4-6-12-25)27(26-13-7-8-14-28(26)32)17-18-33-19-21-34(22-20-33)29-15-9-10-16-30(29)38-3/h7-10,13-16,25,27,31H,4-6,11-12,17-22H2,1-3H3/t27-,31+/m1/s1. The maximum atomic E-state index is 15.3. The van der Waals surface area contributed by atoms with Gasteiger partial charge in [0.15, 0.2) is 0 Å². The van der Waals surface area contributed by atoms with Gasteiger partial charge >= 0.3 is 0 Å². The van der Waals surface area contributed by atoms with Crippen molar-refractivity contribution in [1.82, 2.24) is 9.80 Å². The highest BCUT2D eigenvalue weighted by atomic mass is 19.1. The number of hydrogen-bond donors (Lipinski definition) is 0. The van der Waals surface area contributed by atoms with Crippen molar-refractivity contribution in [2.24, 2.45) is 5.92 Å². The van der Waals surface area contributed by atoms with E-state index in [1.807, 2.05) is 30.3 Å². The number of anilines is 1. The van der Waals surface area contributed by atoms with Gasteiger partial charge in [-0.25, -0.2) is 4.39 Å². The molecule has 38 heavy (non-hydrogen) atoms. The Kier molecular flexibility index (Phi) is 9.78. The minimum Gasteiger partial charge on any atom is -0.495 e. The number of ether oxygens (including phenoxy) is 1. The minimum atomic E-state index is -0.336. The number of nitrogens with zero attached hydrogens (tertiary/aromatic N) is 3. The Morgan fingerprint density at radius 1 is 0.947 bits per heavy atom. The molecule has 0 aromatic heterocycles. The monoisotopic (exact) mass is 523 g/mol. The summed E-state index contributed by atoms with van der Waals surface area (Å²) < 4.78 is 20.8. The first-order valence-electron chi connectivity index (χ1n) is 14.1. The van der Waals surface area contributed by atoms with Gasteiger partial charge in [-0.3, -0.25) is 19.4 Å². The quantitative estimate of drug-likeness (QED) is 0.436. The summed E-state index contributed by atoms with van der Waals surface area (Å²) in [4.78, 5) is 31.8. The van der Waals surface area contributed by atoms with Gasteiger partial charge in [0, 0.05) is 52.0 Å². The number of carbonyl (C=O) groups is 2. The van der Waals surface area contributed by atoms with E-state index >= 15 is 4.39 Å². The molecule has 2 aromatic rings. The molecule has 2 atom stereocenters. The number of benzene rings is 2. The molecule has 1 heterocycles. The topological polar surface area (TPSA) is 53.1 Å². The maximum Gasteiger partial charge on any atom is 0.226 e. The third kappa shape index (κ3) is 6.55. The third-order valence-electron chi connectivity index (χ3n) is 8.38. The molecule has 2 fully saturated rings. The fourth-order valence-corrected chi connectivity index (χ4v) is 6.55. The highest BCUT2D eigenvalue weighted by molar-refractivity contribution is 5.93. The Balaban J connectivity index is 1.55. The molecule has 0 unspecified atom stereocenters. The predicted molar refractivity (Wildman–Crippen MR) is 149 cm³/mol. The van der Waals surface area contributed by atoms with E-state index in [0.29, 0.717) is 12.0 Å². The van der Waals surface area contributed by atoms with E-state index in [9.17, 15) is 9.59 Å². The molecular weight excluding hydrogens is 481 g/mol. The fourth-order valence-electron chi connectivity index (χ4n) is 6.55. The van der Waals surface area contributed by atoms with Gasteiger partial charge in [-0.05, 0) is 55.5 Å². The zero-order valence-electron chi connectivity index (χ0n) is 23.1. The zero-order valence-corrected chi connectivity index (χ0v) is 23.1. The van der Waals surface area contributed by atoms with Crippen LogP contribution in [-0.2, 0) is 9.59 Å². The molecule has 1 saturated heterocycles. The number of para-hydroxylation sites is 2. The number of methoxy groups -OCH3 is 1. The SMILES string of the molecule is COc1ccccc1N1CCN(CC[C@H](c2ccccc2F)[C@H](C2CCCCC2)N(C(C)=O)C(C)=O)CC1. The van der Waals surface area contributed by atoms with Crippen molar-refractivity contribution in [2.75, 3.05) is 44.7 Å². The lowest BCUT2D eigenvalue weighted by molar-refractivity contribution is -0.147. The Morgan fingerprint density at radius 2 is 1.58 bits per heavy atom. The molecule has 7 heteroatoms. The van der Waals surface area contributed by atoms with Crippen LogP contribution in [0.25, 0.3) is 0 Å². The summed E-state index contributed by atoms with van der Waals surface area (Å²) >= 11 is 0. The van der Waals surface area contributed by atoms with Gasteiger partial charge in [-0.15, -0.1) is 0 Å². The first-order chi connectivity index (χ1) is 18.4. The highest BCUT2D eigenvalue weighted by Crippen LogP contribution is 2.40. The van der Waals surface area contributed by atoms with Crippen LogP contribution in [0.2, 0.25) is 0 Å². The molecule has 0 radical (unpaired) electrons. The Hall–Kier alpha value is -2.93. The van der Waals surface area contributed by atoms with Crippen LogP contribution in [0.1, 0.15) is 63.9 Å². The lowest BCUT2D eigenvalue weighted by atomic mass is 9.74. The van der Waals surface area contributed by atoms with Crippen LogP contribution in [-0.4, -0.2) is 67.5 Å². The van der Waals surface area contributed by atoms with Crippen LogP contribution in [0.3, 0.4) is 0 Å². The molecule has 2 aliphatic rings. The van der Waals surface area contributed by atoms with E-state index in [2.05, 4.69) is 15.9 Å². The summed E-state index contributed by atoms with van der Waals surface area (Å²) in [6, 6.07) is 14.7. The lowest BCUT2D eigenvalue weighted by Gasteiger charge is -2.43. The molecule has 206 valence electrons. The molecule has 2 amide bonds. The number of carbonyl (C=O) groups excluding carboxylic acids is 2. The van der Waals surface area contributed by atoms with Gasteiger partial charge in [-0.1, -0.05) is 49.6 Å². The predicted octanol–water partition coefficient (Wildman–Crippen LogP) is 5.47. The van der Waals surface area contributed by atoms with Crippen molar-refractivity contribution in [3.05, 3.63) is 59.9 Å². The van der Waals surface area contributed by atoms with E-state index in [1.165, 1.54) is 31.2 Å². The van der Waals surface area contributed by atoms with Crippen molar-refractivity contribution in [3.8, 4) is 5.75 Å². The summed E-state index contributed by atoms with van der Waals surface area (Å²) in [7, 11) is 1.70. The Bertz CT molecular complexity index is 1070. The molecule has 0 spiro atoms. The second-order valence-corrected chi connectivity index (χ2v) is 10.7. The Morgan fingerprint density at radius 3 is 2.21 bits per heavy atom. The van der Waals surface area contributed by atoms with Gasteiger partial charge in [0.2, 0.25) is 11.8 Å². The van der Waals surface area contributed by atoms with Gasteiger partial charge < -0.3 is 9.64 Å². The van der Waals surface area contributed by atoms with Gasteiger partial charge in [0.05, 0.1) is 12.8 Å². The molecule has 2 aromatic carbocycles. The summed E-state index contributed by atoms with van der Waals surface area (Å²) in [6.45, 7) is 7.25. The zero-order chi connectivity index (χ0) is 27.1. The van der Waals surface area contributed by atoms with Crippen molar-refractivity contribution in [2.45, 2.75) is 64.3 Å². The maximum absolute atomic E-state index is 15.3. The molecule has 6 nitrogen and oxygen atoms in total. The van der Waals surface area contributed by atoms with Gasteiger partial charge in [0.25, 0.3) is 0 Å². The van der Waals surface area contributed by atoms with Gasteiger partial charge in [-0.2, -0.15) is 0 Å². The molecule has 4 rings (SSSR count). The number of rotatable bonds is 9. The van der Waals surface area contributed by atoms with Crippen LogP contribution < -0.4 is 9.64 Å². The van der Waals surface area contributed by atoms with E-state index in [4.69, 9.17) is 4.74 Å². The van der Waals surface area contributed by atoms with Crippen LogP contribution in [0, 0.1) is 11.7 Å². The highest BCUT2D eigenvalue weighted by Gasteiger charge is 2.40. The van der Waals surface area contributed by atoms with Crippen LogP contribution >= 0.6 is 0 Å². The summed E-state index contributed by atoms with van der Waals surface area (Å²) in [5, 5.41) is 0. The molecule has 1 saturated carbocycles. The fraction of sp³-hybridized carbons (Fsp3) is 0.548. The smallest absolute Gasteiger partial charge is 0.226 e. The normalized spacial score (nSPS) is 18.6. The van der Waals surface area contributed by atoms with Crippen LogP contribution in [0.4, 0.5) is 10.1 Å². The first kappa shape index (κ1) is 28.1. The number of imide groups is 1. The van der Waals surface area contributed by atoms with Crippen LogP contribution in [0.15, 0.2) is 48.5 Å². The second kappa shape index (κ2) is 13.2. The molecule has 0 bridgehead atoms. The van der Waals surface area contributed by atoms with Crippen LogP contribution in [0.5, 0.6) is 5.75 Å². The minimum absolute atomic E-state index is 0.184. The summed E-state index contributed by atoms with van der Waals surface area (Å²) in [6.07, 6.45) is 5.95. The molecule has 0 N–H and O–H groups in total. The van der Waals surface area contributed by atoms with Crippen molar-refractivity contribution in [1.29, 1.82) is 0 Å². The number of hydrogen-bond acceptors (Lipinski definition) is 5. The van der Waals surface area contributed by atoms with Crippen molar-refractivity contribution >= 4 is 17.5 Å². The summed E-state index contributed by atoms with van der Waals surface area (Å²) in [5.41, 5.74) is 1.72. The first-order valence-corrected chi connectivity index (χ1v) is 14.1. The number of amides is 2. The molecule has 1 aliphatic carbocycles. The van der Waals surface area contributed by atoms with Crippen molar-refractivity contribution < 1.29 is 18.7 Å². The lowest BCUT2D eigenvalue weighted by Crippen LogP contribution is -2.51. The second-order valence-electron chi connectivity index (χ2n) is 10.7. The van der Waals surface area contributed by atoms with Crippen molar-refractivity contribution in [3.63, 3.8) is 0 Å². The van der Waals surface area contributed by atoms with E-state index < -0.39 is 0 Å². The van der Waals surface area contributed by atoms with Gasteiger partial charge in [0.1, 0.15) is 11.6 Å². The third-order valence-corrected chi connectivity index (χ3v) is 8.38. The Labute approximate surface area is 226 Å².